The van der Waals surface area contributed by atoms with Gasteiger partial charge in [0.15, 0.2) is 0 Å². The number of halogens is 2. The lowest BCUT2D eigenvalue weighted by Gasteiger charge is -2.38. The van der Waals surface area contributed by atoms with E-state index in [0.717, 1.165) is 12.8 Å². The molecule has 0 aromatic carbocycles. The van der Waals surface area contributed by atoms with Crippen LogP contribution in [0.25, 0.3) is 0 Å². The molecule has 1 N–H and O–H groups in total. The Morgan fingerprint density at radius 2 is 1.83 bits per heavy atom. The fourth-order valence-corrected chi connectivity index (χ4v) is 1.85. The molecule has 1 fully saturated rings. The first kappa shape index (κ1) is 9.90. The molecule has 1 aliphatic rings. The average Bonchev–Trinajstić information content (AvgIpc) is 2.06. The van der Waals surface area contributed by atoms with Gasteiger partial charge in [-0.2, -0.15) is 0 Å². The van der Waals surface area contributed by atoms with Crippen molar-refractivity contribution in [1.82, 2.24) is 5.32 Å². The molecule has 0 atom stereocenters. The van der Waals surface area contributed by atoms with E-state index >= 15 is 0 Å². The molecule has 0 amide bonds. The van der Waals surface area contributed by atoms with Gasteiger partial charge in [0, 0.05) is 0 Å². The summed E-state index contributed by atoms with van der Waals surface area (Å²) in [5.74, 6) is 0.616. The van der Waals surface area contributed by atoms with Crippen molar-refractivity contribution >= 4 is 0 Å². The van der Waals surface area contributed by atoms with Gasteiger partial charge in [0.05, 0.1) is 5.54 Å². The number of hydrogen-bond acceptors (Lipinski definition) is 1. The maximum absolute atomic E-state index is 12.6. The van der Waals surface area contributed by atoms with Crippen molar-refractivity contribution in [3.05, 3.63) is 0 Å². The van der Waals surface area contributed by atoms with Crippen molar-refractivity contribution in [2.45, 2.75) is 44.6 Å². The molecule has 0 bridgehead atoms. The Bertz CT molecular complexity index is 139. The van der Waals surface area contributed by atoms with Crippen molar-refractivity contribution in [2.75, 3.05) is 7.05 Å². The van der Waals surface area contributed by atoms with Crippen LogP contribution in [-0.2, 0) is 0 Å². The van der Waals surface area contributed by atoms with Crippen LogP contribution < -0.4 is 5.32 Å². The minimum absolute atomic E-state index is 0.613. The van der Waals surface area contributed by atoms with E-state index in [-0.39, 0.29) is 0 Å². The van der Waals surface area contributed by atoms with Crippen molar-refractivity contribution in [3.8, 4) is 0 Å². The molecule has 0 aromatic heterocycles. The molecule has 0 spiro atoms. The lowest BCUT2D eigenvalue weighted by atomic mass is 9.77. The first-order valence-corrected chi connectivity index (χ1v) is 4.58. The molecule has 3 heteroatoms. The predicted molar refractivity (Wildman–Crippen MR) is 45.4 cm³/mol. The highest BCUT2D eigenvalue weighted by molar-refractivity contribution is 4.93. The largest absolute Gasteiger partial charge is 0.309 e. The molecular weight excluding hydrogens is 160 g/mol. The third-order valence-electron chi connectivity index (χ3n) is 3.08. The highest BCUT2D eigenvalue weighted by atomic mass is 19.3. The van der Waals surface area contributed by atoms with E-state index in [0.29, 0.717) is 18.8 Å². The Labute approximate surface area is 72.5 Å². The zero-order valence-corrected chi connectivity index (χ0v) is 7.74. The number of alkyl halides is 2. The normalized spacial score (nSPS) is 37.2. The van der Waals surface area contributed by atoms with Crippen molar-refractivity contribution in [2.24, 2.45) is 5.92 Å². The van der Waals surface area contributed by atoms with Crippen LogP contribution in [0.4, 0.5) is 8.78 Å². The monoisotopic (exact) mass is 177 g/mol. The van der Waals surface area contributed by atoms with Crippen LogP contribution in [0.1, 0.15) is 32.6 Å². The summed E-state index contributed by atoms with van der Waals surface area (Å²) in [6.45, 7) is 2.13. The fourth-order valence-electron chi connectivity index (χ4n) is 1.85. The standard InChI is InChI=1S/C9H17F2N/c1-7-3-5-9(12-2,6-4-7)8(10)11/h7-8,12H,3-6H2,1-2H3. The van der Waals surface area contributed by atoms with Crippen LogP contribution in [-0.4, -0.2) is 19.0 Å². The van der Waals surface area contributed by atoms with E-state index in [9.17, 15) is 8.78 Å². The van der Waals surface area contributed by atoms with Gasteiger partial charge in [-0.15, -0.1) is 0 Å². The Morgan fingerprint density at radius 3 is 2.17 bits per heavy atom. The molecule has 12 heavy (non-hydrogen) atoms. The van der Waals surface area contributed by atoms with E-state index in [2.05, 4.69) is 12.2 Å². The molecule has 0 aromatic rings. The van der Waals surface area contributed by atoms with E-state index < -0.39 is 12.0 Å². The minimum atomic E-state index is -2.23. The van der Waals surface area contributed by atoms with Gasteiger partial charge in [0.1, 0.15) is 0 Å². The highest BCUT2D eigenvalue weighted by Gasteiger charge is 2.40. The Hall–Kier alpha value is -0.180. The second-order valence-electron chi connectivity index (χ2n) is 3.89. The SMILES string of the molecule is CNC1(C(F)F)CCC(C)CC1. The van der Waals surface area contributed by atoms with Gasteiger partial charge in [0.25, 0.3) is 6.43 Å². The molecule has 1 aliphatic carbocycles. The first-order chi connectivity index (χ1) is 5.60. The quantitative estimate of drug-likeness (QED) is 0.683. The van der Waals surface area contributed by atoms with Crippen molar-refractivity contribution in [1.29, 1.82) is 0 Å². The summed E-state index contributed by atoms with van der Waals surface area (Å²) < 4.78 is 25.3. The van der Waals surface area contributed by atoms with Gasteiger partial charge in [0.2, 0.25) is 0 Å². The molecule has 72 valence electrons. The van der Waals surface area contributed by atoms with Crippen molar-refractivity contribution < 1.29 is 8.78 Å². The fraction of sp³-hybridized carbons (Fsp3) is 1.00. The van der Waals surface area contributed by atoms with Crippen LogP contribution >= 0.6 is 0 Å². The zero-order valence-electron chi connectivity index (χ0n) is 7.74. The third kappa shape index (κ3) is 1.76. The van der Waals surface area contributed by atoms with Crippen LogP contribution in [0.3, 0.4) is 0 Å². The third-order valence-corrected chi connectivity index (χ3v) is 3.08. The Kier molecular flexibility index (Phi) is 3.04. The molecule has 1 saturated carbocycles. The number of rotatable bonds is 2. The lowest BCUT2D eigenvalue weighted by Crippen LogP contribution is -2.51. The molecule has 0 radical (unpaired) electrons. The molecular formula is C9H17F2N. The smallest absolute Gasteiger partial charge is 0.256 e. The maximum atomic E-state index is 12.6. The summed E-state index contributed by atoms with van der Waals surface area (Å²) in [5, 5.41) is 2.79. The molecule has 1 rings (SSSR count). The summed E-state index contributed by atoms with van der Waals surface area (Å²) in [7, 11) is 1.64. The van der Waals surface area contributed by atoms with Gasteiger partial charge >= 0.3 is 0 Å². The topological polar surface area (TPSA) is 12.0 Å². The summed E-state index contributed by atoms with van der Waals surface area (Å²) in [6, 6.07) is 0. The van der Waals surface area contributed by atoms with E-state index in [1.54, 1.807) is 7.05 Å². The van der Waals surface area contributed by atoms with Crippen LogP contribution in [0, 0.1) is 5.92 Å². The number of nitrogens with one attached hydrogen (secondary N) is 1. The average molecular weight is 177 g/mol. The summed E-state index contributed by atoms with van der Waals surface area (Å²) in [4.78, 5) is 0. The van der Waals surface area contributed by atoms with Gasteiger partial charge in [-0.3, -0.25) is 0 Å². The van der Waals surface area contributed by atoms with E-state index in [4.69, 9.17) is 0 Å². The molecule has 0 saturated heterocycles. The van der Waals surface area contributed by atoms with Gasteiger partial charge in [-0.25, -0.2) is 8.78 Å². The van der Waals surface area contributed by atoms with E-state index in [1.807, 2.05) is 0 Å². The first-order valence-electron chi connectivity index (χ1n) is 4.58. The lowest BCUT2D eigenvalue weighted by molar-refractivity contribution is 0.00389. The number of hydrogen-bond donors (Lipinski definition) is 1. The molecule has 0 unspecified atom stereocenters. The predicted octanol–water partition coefficient (Wildman–Crippen LogP) is 2.42. The summed E-state index contributed by atoms with van der Waals surface area (Å²) >= 11 is 0. The van der Waals surface area contributed by atoms with Gasteiger partial charge in [-0.05, 0) is 38.6 Å². The van der Waals surface area contributed by atoms with E-state index in [1.165, 1.54) is 0 Å². The van der Waals surface area contributed by atoms with Crippen LogP contribution in [0.5, 0.6) is 0 Å². The van der Waals surface area contributed by atoms with Crippen LogP contribution in [0.2, 0.25) is 0 Å². The second-order valence-corrected chi connectivity index (χ2v) is 3.89. The second kappa shape index (κ2) is 3.69. The molecule has 0 aliphatic heterocycles. The molecule has 1 nitrogen and oxygen atoms in total. The highest BCUT2D eigenvalue weighted by Crippen LogP contribution is 2.35. The Morgan fingerprint density at radius 1 is 1.33 bits per heavy atom. The molecule has 0 heterocycles. The Balaban J connectivity index is 2.57. The van der Waals surface area contributed by atoms with Gasteiger partial charge in [-0.1, -0.05) is 6.92 Å². The minimum Gasteiger partial charge on any atom is -0.309 e. The van der Waals surface area contributed by atoms with Crippen LogP contribution in [0.15, 0.2) is 0 Å². The zero-order chi connectivity index (χ0) is 9.19. The summed E-state index contributed by atoms with van der Waals surface area (Å²) in [5.41, 5.74) is -0.882. The summed E-state index contributed by atoms with van der Waals surface area (Å²) in [6.07, 6.45) is 0.844. The van der Waals surface area contributed by atoms with Crippen molar-refractivity contribution in [3.63, 3.8) is 0 Å². The maximum Gasteiger partial charge on any atom is 0.256 e. The van der Waals surface area contributed by atoms with Gasteiger partial charge < -0.3 is 5.32 Å².